The molecule has 1 aliphatic heterocycles. The van der Waals surface area contributed by atoms with Gasteiger partial charge in [0.1, 0.15) is 5.56 Å². The Balaban J connectivity index is 1.75. The number of likely N-dealkylation sites (N-methyl/N-ethyl adjacent to an activating group) is 1. The molecule has 3 rings (SSSR count). The van der Waals surface area contributed by atoms with Crippen LogP contribution in [-0.2, 0) is 4.79 Å². The van der Waals surface area contributed by atoms with Crippen molar-refractivity contribution in [2.24, 2.45) is 0 Å². The highest BCUT2D eigenvalue weighted by molar-refractivity contribution is 5.94. The third-order valence-corrected chi connectivity index (χ3v) is 4.57. The average molecular weight is 373 g/mol. The second kappa shape index (κ2) is 7.36. The summed E-state index contributed by atoms with van der Waals surface area (Å²) in [6, 6.07) is 2.37. The van der Waals surface area contributed by atoms with Gasteiger partial charge in [0.25, 0.3) is 11.5 Å². The molecule has 3 heterocycles. The third kappa shape index (κ3) is 3.77. The summed E-state index contributed by atoms with van der Waals surface area (Å²) in [5.74, 6) is -0.765. The van der Waals surface area contributed by atoms with Gasteiger partial charge < -0.3 is 15.7 Å². The number of hydrogen-bond acceptors (Lipinski definition) is 6. The van der Waals surface area contributed by atoms with Crippen LogP contribution in [0.1, 0.15) is 30.6 Å². The zero-order valence-corrected chi connectivity index (χ0v) is 15.5. The van der Waals surface area contributed by atoms with E-state index in [1.165, 1.54) is 18.3 Å². The van der Waals surface area contributed by atoms with E-state index in [1.807, 2.05) is 25.8 Å². The zero-order chi connectivity index (χ0) is 19.7. The molecular weight excluding hydrogens is 350 g/mol. The Hall–Kier alpha value is -2.94. The van der Waals surface area contributed by atoms with E-state index in [4.69, 9.17) is 0 Å². The highest BCUT2D eigenvalue weighted by Gasteiger charge is 2.35. The standard InChI is InChI=1S/C18H23N5O4/c1-10(2)20-17(26)13-7-11(9-22(13)3)21-16(25)12-8-19-15-14(24)5-4-6-23(15)18(12)27/h4-6,8,10-11,13,24H,7,9H2,1-3H3,(H,20,26)(H,21,25)/t11-,13+/m1/s1. The Morgan fingerprint density at radius 3 is 2.81 bits per heavy atom. The molecule has 144 valence electrons. The van der Waals surface area contributed by atoms with Crippen molar-refractivity contribution < 1.29 is 14.7 Å². The molecule has 2 aromatic heterocycles. The summed E-state index contributed by atoms with van der Waals surface area (Å²) in [5, 5.41) is 15.4. The molecule has 0 radical (unpaired) electrons. The van der Waals surface area contributed by atoms with Crippen molar-refractivity contribution >= 4 is 17.5 Å². The largest absolute Gasteiger partial charge is 0.504 e. The molecule has 2 amide bonds. The lowest BCUT2D eigenvalue weighted by Gasteiger charge is -2.19. The van der Waals surface area contributed by atoms with Crippen molar-refractivity contribution in [3.63, 3.8) is 0 Å². The van der Waals surface area contributed by atoms with Crippen molar-refractivity contribution in [1.82, 2.24) is 24.9 Å². The van der Waals surface area contributed by atoms with Crippen LogP contribution in [-0.4, -0.2) is 62.9 Å². The van der Waals surface area contributed by atoms with Crippen LogP contribution in [0.25, 0.3) is 5.65 Å². The van der Waals surface area contributed by atoms with E-state index >= 15 is 0 Å². The summed E-state index contributed by atoms with van der Waals surface area (Å²) >= 11 is 0. The zero-order valence-electron chi connectivity index (χ0n) is 15.5. The number of carbonyl (C=O) groups excluding carboxylic acids is 2. The van der Waals surface area contributed by atoms with Gasteiger partial charge in [-0.15, -0.1) is 0 Å². The van der Waals surface area contributed by atoms with Crippen molar-refractivity contribution in [2.45, 2.75) is 38.4 Å². The van der Waals surface area contributed by atoms with Crippen molar-refractivity contribution in [1.29, 1.82) is 0 Å². The Morgan fingerprint density at radius 2 is 2.11 bits per heavy atom. The van der Waals surface area contributed by atoms with E-state index in [1.54, 1.807) is 0 Å². The number of aromatic nitrogens is 2. The second-order valence-corrected chi connectivity index (χ2v) is 7.09. The molecule has 0 aliphatic carbocycles. The fraction of sp³-hybridized carbons (Fsp3) is 0.444. The first-order valence-corrected chi connectivity index (χ1v) is 8.78. The molecule has 1 aliphatic rings. The molecular formula is C18H23N5O4. The Labute approximate surface area is 156 Å². The lowest BCUT2D eigenvalue weighted by molar-refractivity contribution is -0.125. The minimum Gasteiger partial charge on any atom is -0.504 e. The first-order chi connectivity index (χ1) is 12.8. The maximum Gasteiger partial charge on any atom is 0.270 e. The number of nitrogens with zero attached hydrogens (tertiary/aromatic N) is 3. The maximum absolute atomic E-state index is 12.6. The molecule has 0 unspecified atom stereocenters. The van der Waals surface area contributed by atoms with E-state index in [0.29, 0.717) is 13.0 Å². The molecule has 9 nitrogen and oxygen atoms in total. The highest BCUT2D eigenvalue weighted by Crippen LogP contribution is 2.17. The van der Waals surface area contributed by atoms with Crippen LogP contribution in [0.5, 0.6) is 5.75 Å². The fourth-order valence-electron chi connectivity index (χ4n) is 3.30. The van der Waals surface area contributed by atoms with Gasteiger partial charge in [-0.25, -0.2) is 4.98 Å². The molecule has 0 saturated carbocycles. The number of amides is 2. The van der Waals surface area contributed by atoms with Crippen molar-refractivity contribution in [2.75, 3.05) is 13.6 Å². The van der Waals surface area contributed by atoms with Crippen molar-refractivity contribution in [3.8, 4) is 5.75 Å². The van der Waals surface area contributed by atoms with E-state index in [2.05, 4.69) is 15.6 Å². The summed E-state index contributed by atoms with van der Waals surface area (Å²) in [4.78, 5) is 43.2. The fourth-order valence-corrected chi connectivity index (χ4v) is 3.30. The Morgan fingerprint density at radius 1 is 1.37 bits per heavy atom. The molecule has 0 aromatic carbocycles. The predicted octanol–water partition coefficient (Wildman–Crippen LogP) is -0.273. The van der Waals surface area contributed by atoms with Gasteiger partial charge in [0.2, 0.25) is 5.91 Å². The van der Waals surface area contributed by atoms with Crippen LogP contribution in [0, 0.1) is 0 Å². The molecule has 2 atom stereocenters. The van der Waals surface area contributed by atoms with Gasteiger partial charge >= 0.3 is 0 Å². The van der Waals surface area contributed by atoms with Gasteiger partial charge in [-0.05, 0) is 39.4 Å². The van der Waals surface area contributed by atoms with Crippen LogP contribution in [0.2, 0.25) is 0 Å². The summed E-state index contributed by atoms with van der Waals surface area (Å²) in [6.45, 7) is 4.29. The molecule has 9 heteroatoms. The van der Waals surface area contributed by atoms with Gasteiger partial charge in [-0.3, -0.25) is 23.7 Å². The molecule has 2 aromatic rings. The van der Waals surface area contributed by atoms with Gasteiger partial charge in [0, 0.05) is 31.0 Å². The first-order valence-electron chi connectivity index (χ1n) is 8.78. The maximum atomic E-state index is 12.6. The third-order valence-electron chi connectivity index (χ3n) is 4.57. The highest BCUT2D eigenvalue weighted by atomic mass is 16.3. The number of aromatic hydroxyl groups is 1. The predicted molar refractivity (Wildman–Crippen MR) is 98.7 cm³/mol. The van der Waals surface area contributed by atoms with Gasteiger partial charge in [-0.1, -0.05) is 0 Å². The normalized spacial score (nSPS) is 20.1. The molecule has 27 heavy (non-hydrogen) atoms. The van der Waals surface area contributed by atoms with Crippen LogP contribution in [0.15, 0.2) is 29.3 Å². The number of likely N-dealkylation sites (tertiary alicyclic amines) is 1. The van der Waals surface area contributed by atoms with E-state index in [-0.39, 0.29) is 41.0 Å². The minimum atomic E-state index is -0.561. The Bertz CT molecular complexity index is 939. The molecule has 0 spiro atoms. The lowest BCUT2D eigenvalue weighted by Crippen LogP contribution is -2.44. The SMILES string of the molecule is CC(C)NC(=O)[C@@H]1C[C@@H](NC(=O)c2cnc3c(O)cccn3c2=O)CN1C. The van der Waals surface area contributed by atoms with Gasteiger partial charge in [-0.2, -0.15) is 0 Å². The van der Waals surface area contributed by atoms with Crippen LogP contribution >= 0.6 is 0 Å². The molecule has 1 saturated heterocycles. The molecule has 1 fully saturated rings. The molecule has 3 N–H and O–H groups in total. The van der Waals surface area contributed by atoms with Gasteiger partial charge in [0.15, 0.2) is 11.4 Å². The lowest BCUT2D eigenvalue weighted by atomic mass is 10.1. The van der Waals surface area contributed by atoms with E-state index < -0.39 is 11.5 Å². The van der Waals surface area contributed by atoms with E-state index in [0.717, 1.165) is 10.6 Å². The monoisotopic (exact) mass is 373 g/mol. The first kappa shape index (κ1) is 18.8. The minimum absolute atomic E-state index is 0.0414. The second-order valence-electron chi connectivity index (χ2n) is 7.09. The number of pyridine rings is 1. The number of hydrogen-bond donors (Lipinski definition) is 3. The summed E-state index contributed by atoms with van der Waals surface area (Å²) in [5.41, 5.74) is -0.588. The van der Waals surface area contributed by atoms with E-state index in [9.17, 15) is 19.5 Å². The van der Waals surface area contributed by atoms with Crippen LogP contribution in [0.3, 0.4) is 0 Å². The number of carbonyl (C=O) groups is 2. The van der Waals surface area contributed by atoms with Crippen molar-refractivity contribution in [3.05, 3.63) is 40.4 Å². The summed E-state index contributed by atoms with van der Waals surface area (Å²) in [7, 11) is 1.83. The Kier molecular flexibility index (Phi) is 5.13. The average Bonchev–Trinajstić information content (AvgIpc) is 2.95. The topological polar surface area (TPSA) is 116 Å². The van der Waals surface area contributed by atoms with Crippen LogP contribution in [0.4, 0.5) is 0 Å². The van der Waals surface area contributed by atoms with Crippen LogP contribution < -0.4 is 16.2 Å². The summed E-state index contributed by atoms with van der Waals surface area (Å²) < 4.78 is 1.13. The quantitative estimate of drug-likeness (QED) is 0.679. The number of nitrogens with one attached hydrogen (secondary N) is 2. The molecule has 0 bridgehead atoms. The number of rotatable bonds is 4. The summed E-state index contributed by atoms with van der Waals surface area (Å²) in [6.07, 6.45) is 3.06. The van der Waals surface area contributed by atoms with Gasteiger partial charge in [0.05, 0.1) is 6.04 Å². The number of fused-ring (bicyclic) bond motifs is 1. The smallest absolute Gasteiger partial charge is 0.270 e.